The standard InChI is InChI=1S/C6H11N3.2ClH/c1-6(2-3-7)4-8-5-9-6;;/h4-5H,2-3,7H2,1H3;2*1H. The molecule has 0 saturated heterocycles. The van der Waals surface area contributed by atoms with Crippen molar-refractivity contribution in [3.8, 4) is 0 Å². The molecule has 1 aliphatic heterocycles. The molecular weight excluding hydrogens is 185 g/mol. The fourth-order valence-corrected chi connectivity index (χ4v) is 0.814. The second-order valence-corrected chi connectivity index (χ2v) is 2.42. The van der Waals surface area contributed by atoms with Crippen LogP contribution in [0.3, 0.4) is 0 Å². The maximum absolute atomic E-state index is 5.36. The Balaban J connectivity index is 0. The first-order chi connectivity index (χ1) is 4.27. The highest BCUT2D eigenvalue weighted by atomic mass is 35.5. The number of hydrogen-bond acceptors (Lipinski definition) is 3. The summed E-state index contributed by atoms with van der Waals surface area (Å²) in [6.07, 6.45) is 4.29. The van der Waals surface area contributed by atoms with Gasteiger partial charge in [0.05, 0.1) is 5.54 Å². The zero-order chi connectivity index (χ0) is 6.74. The lowest BCUT2D eigenvalue weighted by atomic mass is 10.0. The van der Waals surface area contributed by atoms with Gasteiger partial charge in [-0.2, -0.15) is 0 Å². The summed E-state index contributed by atoms with van der Waals surface area (Å²) in [4.78, 5) is 8.01. The van der Waals surface area contributed by atoms with Gasteiger partial charge < -0.3 is 5.73 Å². The summed E-state index contributed by atoms with van der Waals surface area (Å²) in [5.41, 5.74) is 5.26. The van der Waals surface area contributed by atoms with Gasteiger partial charge in [-0.1, -0.05) is 0 Å². The molecule has 0 amide bonds. The SMILES string of the molecule is CC1(CCN)C=NC=N1.Cl.Cl. The van der Waals surface area contributed by atoms with E-state index in [4.69, 9.17) is 5.73 Å². The average molecular weight is 198 g/mol. The molecule has 1 heterocycles. The van der Waals surface area contributed by atoms with Crippen LogP contribution in [0.1, 0.15) is 13.3 Å². The Morgan fingerprint density at radius 3 is 2.45 bits per heavy atom. The van der Waals surface area contributed by atoms with Crippen LogP contribution in [0, 0.1) is 0 Å². The van der Waals surface area contributed by atoms with Crippen LogP contribution >= 0.6 is 24.8 Å². The molecule has 0 aromatic heterocycles. The smallest absolute Gasteiger partial charge is 0.110 e. The first-order valence-electron chi connectivity index (χ1n) is 3.05. The van der Waals surface area contributed by atoms with E-state index in [0.717, 1.165) is 6.42 Å². The number of halogens is 2. The van der Waals surface area contributed by atoms with E-state index >= 15 is 0 Å². The molecule has 11 heavy (non-hydrogen) atoms. The van der Waals surface area contributed by atoms with Crippen LogP contribution in [-0.4, -0.2) is 24.6 Å². The summed E-state index contributed by atoms with van der Waals surface area (Å²) in [5.74, 6) is 0. The highest BCUT2D eigenvalue weighted by molar-refractivity contribution is 5.86. The predicted molar refractivity (Wildman–Crippen MR) is 53.6 cm³/mol. The van der Waals surface area contributed by atoms with E-state index in [1.807, 2.05) is 13.1 Å². The third kappa shape index (κ3) is 3.70. The van der Waals surface area contributed by atoms with Crippen molar-refractivity contribution in [2.24, 2.45) is 15.7 Å². The van der Waals surface area contributed by atoms with Crippen LogP contribution in [0.25, 0.3) is 0 Å². The Labute approximate surface area is 79.0 Å². The molecule has 2 N–H and O–H groups in total. The number of hydrogen-bond donors (Lipinski definition) is 1. The topological polar surface area (TPSA) is 50.7 Å². The van der Waals surface area contributed by atoms with Gasteiger partial charge in [0.25, 0.3) is 0 Å². The van der Waals surface area contributed by atoms with Gasteiger partial charge in [-0.3, -0.25) is 4.99 Å². The monoisotopic (exact) mass is 197 g/mol. The second-order valence-electron chi connectivity index (χ2n) is 2.42. The lowest BCUT2D eigenvalue weighted by Crippen LogP contribution is -2.25. The molecule has 0 fully saturated rings. The van der Waals surface area contributed by atoms with E-state index in [0.29, 0.717) is 6.54 Å². The zero-order valence-electron chi connectivity index (χ0n) is 6.36. The highest BCUT2D eigenvalue weighted by Crippen LogP contribution is 2.13. The number of rotatable bonds is 2. The van der Waals surface area contributed by atoms with Crippen molar-refractivity contribution in [3.63, 3.8) is 0 Å². The summed E-state index contributed by atoms with van der Waals surface area (Å²) in [5, 5.41) is 0. The van der Waals surface area contributed by atoms with Gasteiger partial charge >= 0.3 is 0 Å². The molecule has 1 rings (SSSR count). The zero-order valence-corrected chi connectivity index (χ0v) is 7.99. The third-order valence-electron chi connectivity index (χ3n) is 1.42. The van der Waals surface area contributed by atoms with Crippen LogP contribution in [0.4, 0.5) is 0 Å². The maximum atomic E-state index is 5.36. The Kier molecular flexibility index (Phi) is 6.76. The molecule has 1 aliphatic rings. The molecule has 0 aliphatic carbocycles. The number of nitrogens with two attached hydrogens (primary N) is 1. The third-order valence-corrected chi connectivity index (χ3v) is 1.42. The molecule has 1 atom stereocenters. The lowest BCUT2D eigenvalue weighted by Gasteiger charge is -2.13. The van der Waals surface area contributed by atoms with Crippen LogP contribution in [0.5, 0.6) is 0 Å². The second kappa shape index (κ2) is 5.52. The fourth-order valence-electron chi connectivity index (χ4n) is 0.814. The summed E-state index contributed by atoms with van der Waals surface area (Å²) in [7, 11) is 0. The van der Waals surface area contributed by atoms with Gasteiger partial charge in [0.15, 0.2) is 0 Å². The van der Waals surface area contributed by atoms with Gasteiger partial charge in [0.2, 0.25) is 0 Å². The van der Waals surface area contributed by atoms with Gasteiger partial charge in [0, 0.05) is 6.21 Å². The van der Waals surface area contributed by atoms with Gasteiger partial charge in [-0.15, -0.1) is 24.8 Å². The van der Waals surface area contributed by atoms with Crippen molar-refractivity contribution in [2.45, 2.75) is 18.9 Å². The first kappa shape index (κ1) is 13.5. The minimum absolute atomic E-state index is 0. The molecule has 0 saturated carbocycles. The summed E-state index contributed by atoms with van der Waals surface area (Å²) in [6, 6.07) is 0. The number of nitrogens with zero attached hydrogens (tertiary/aromatic N) is 2. The molecular formula is C6H13Cl2N3. The molecule has 66 valence electrons. The predicted octanol–water partition coefficient (Wildman–Crippen LogP) is 1.05. The van der Waals surface area contributed by atoms with Gasteiger partial charge in [0.1, 0.15) is 6.34 Å². The molecule has 0 spiro atoms. The molecule has 1 unspecified atom stereocenters. The van der Waals surface area contributed by atoms with E-state index < -0.39 is 0 Å². The van der Waals surface area contributed by atoms with Crippen molar-refractivity contribution in [1.82, 2.24) is 0 Å². The molecule has 0 aromatic carbocycles. The number of aliphatic imine (C=N–C) groups is 2. The first-order valence-corrected chi connectivity index (χ1v) is 3.05. The van der Waals surface area contributed by atoms with Crippen LogP contribution < -0.4 is 5.73 Å². The Hall–Kier alpha value is -0.120. The van der Waals surface area contributed by atoms with Crippen molar-refractivity contribution >= 4 is 37.4 Å². The van der Waals surface area contributed by atoms with Gasteiger partial charge in [-0.25, -0.2) is 4.99 Å². The van der Waals surface area contributed by atoms with Crippen LogP contribution in [0.2, 0.25) is 0 Å². The van der Waals surface area contributed by atoms with E-state index in [-0.39, 0.29) is 30.4 Å². The maximum Gasteiger partial charge on any atom is 0.110 e. The highest BCUT2D eigenvalue weighted by Gasteiger charge is 2.20. The van der Waals surface area contributed by atoms with E-state index in [1.54, 1.807) is 6.34 Å². The summed E-state index contributed by atoms with van der Waals surface area (Å²) >= 11 is 0. The van der Waals surface area contributed by atoms with E-state index in [1.165, 1.54) is 0 Å². The van der Waals surface area contributed by atoms with Gasteiger partial charge in [-0.05, 0) is 19.9 Å². The minimum atomic E-state index is -0.102. The minimum Gasteiger partial charge on any atom is -0.330 e. The van der Waals surface area contributed by atoms with Crippen molar-refractivity contribution in [2.75, 3.05) is 6.54 Å². The van der Waals surface area contributed by atoms with E-state index in [2.05, 4.69) is 9.98 Å². The fraction of sp³-hybridized carbons (Fsp3) is 0.667. The normalized spacial score (nSPS) is 26.0. The van der Waals surface area contributed by atoms with Crippen LogP contribution in [-0.2, 0) is 0 Å². The molecule has 3 nitrogen and oxygen atoms in total. The van der Waals surface area contributed by atoms with Crippen molar-refractivity contribution < 1.29 is 0 Å². The summed E-state index contributed by atoms with van der Waals surface area (Å²) < 4.78 is 0. The Morgan fingerprint density at radius 2 is 2.09 bits per heavy atom. The Bertz CT molecular complexity index is 144. The molecule has 5 heteroatoms. The largest absolute Gasteiger partial charge is 0.330 e. The van der Waals surface area contributed by atoms with E-state index in [9.17, 15) is 0 Å². The average Bonchev–Trinajstić information content (AvgIpc) is 2.16. The molecule has 0 radical (unpaired) electrons. The lowest BCUT2D eigenvalue weighted by molar-refractivity contribution is 0.600. The quantitative estimate of drug-likeness (QED) is 0.708. The van der Waals surface area contributed by atoms with Crippen molar-refractivity contribution in [3.05, 3.63) is 0 Å². The summed E-state index contributed by atoms with van der Waals surface area (Å²) in [6.45, 7) is 2.69. The molecule has 0 bridgehead atoms. The van der Waals surface area contributed by atoms with Crippen molar-refractivity contribution in [1.29, 1.82) is 0 Å². The Morgan fingerprint density at radius 1 is 1.45 bits per heavy atom. The van der Waals surface area contributed by atoms with Crippen LogP contribution in [0.15, 0.2) is 9.98 Å². The molecule has 0 aromatic rings.